The lowest BCUT2D eigenvalue weighted by atomic mass is 10.2. The zero-order chi connectivity index (χ0) is 18.1. The van der Waals surface area contributed by atoms with E-state index < -0.39 is 11.4 Å². The lowest BCUT2D eigenvalue weighted by Gasteiger charge is -2.24. The van der Waals surface area contributed by atoms with Gasteiger partial charge in [0, 0.05) is 31.4 Å². The molecule has 0 heterocycles. The molecule has 0 spiro atoms. The summed E-state index contributed by atoms with van der Waals surface area (Å²) in [6.45, 7) is 0. The fourth-order valence-electron chi connectivity index (χ4n) is 2.32. The van der Waals surface area contributed by atoms with Crippen LogP contribution < -0.4 is 0 Å². The Hall–Kier alpha value is -1.43. The number of carbonyl (C=O) groups is 1. The third kappa shape index (κ3) is 6.77. The van der Waals surface area contributed by atoms with Crippen molar-refractivity contribution in [3.63, 3.8) is 0 Å². The predicted molar refractivity (Wildman–Crippen MR) is 109 cm³/mol. The van der Waals surface area contributed by atoms with Gasteiger partial charge in [0.25, 0.3) is 0 Å². The number of thioether (sulfide) groups is 2. The van der Waals surface area contributed by atoms with Crippen LogP contribution in [0.3, 0.4) is 0 Å². The molecule has 2 aromatic rings. The highest BCUT2D eigenvalue weighted by Gasteiger charge is 2.28. The molecule has 0 aromatic heterocycles. The van der Waals surface area contributed by atoms with Crippen LogP contribution in [-0.4, -0.2) is 47.1 Å². The SMILES string of the molecule is CN(C)C(=O)[C@H](SCc1ccccc1)[C@@H](O)CSCc1ccccc1. The van der Waals surface area contributed by atoms with E-state index in [2.05, 4.69) is 12.1 Å². The van der Waals surface area contributed by atoms with Crippen LogP contribution in [0.5, 0.6) is 0 Å². The Morgan fingerprint density at radius 3 is 2.00 bits per heavy atom. The van der Waals surface area contributed by atoms with Gasteiger partial charge in [-0.05, 0) is 11.1 Å². The Bertz CT molecular complexity index is 635. The van der Waals surface area contributed by atoms with E-state index in [0.29, 0.717) is 11.5 Å². The van der Waals surface area contributed by atoms with Crippen molar-refractivity contribution < 1.29 is 9.90 Å². The highest BCUT2D eigenvalue weighted by atomic mass is 32.2. The molecule has 2 rings (SSSR count). The summed E-state index contributed by atoms with van der Waals surface area (Å²) in [7, 11) is 3.48. The lowest BCUT2D eigenvalue weighted by Crippen LogP contribution is -2.40. The summed E-state index contributed by atoms with van der Waals surface area (Å²) in [5.41, 5.74) is 2.39. The van der Waals surface area contributed by atoms with Gasteiger partial charge in [0.15, 0.2) is 0 Å². The molecule has 1 amide bonds. The third-order valence-electron chi connectivity index (χ3n) is 3.71. The third-order valence-corrected chi connectivity index (χ3v) is 6.20. The van der Waals surface area contributed by atoms with E-state index in [1.165, 1.54) is 17.3 Å². The molecule has 0 saturated carbocycles. The van der Waals surface area contributed by atoms with Gasteiger partial charge in [-0.2, -0.15) is 11.8 Å². The number of hydrogen-bond acceptors (Lipinski definition) is 4. The average Bonchev–Trinajstić information content (AvgIpc) is 2.63. The van der Waals surface area contributed by atoms with Gasteiger partial charge in [0.1, 0.15) is 5.25 Å². The molecule has 2 atom stereocenters. The Morgan fingerprint density at radius 2 is 1.48 bits per heavy atom. The fourth-order valence-corrected chi connectivity index (χ4v) is 4.66. The first-order valence-electron chi connectivity index (χ1n) is 8.24. The molecular formula is C20H25NO2S2. The molecule has 0 saturated heterocycles. The molecule has 1 N–H and O–H groups in total. The highest BCUT2D eigenvalue weighted by Crippen LogP contribution is 2.25. The van der Waals surface area contributed by atoms with Crippen molar-refractivity contribution in [2.24, 2.45) is 0 Å². The Morgan fingerprint density at radius 1 is 0.960 bits per heavy atom. The first-order valence-corrected chi connectivity index (χ1v) is 10.4. The number of carbonyl (C=O) groups excluding carboxylic acids is 1. The number of rotatable bonds is 9. The minimum atomic E-state index is -0.669. The Balaban J connectivity index is 1.90. The summed E-state index contributed by atoms with van der Waals surface area (Å²) in [6, 6.07) is 20.2. The molecule has 25 heavy (non-hydrogen) atoms. The summed E-state index contributed by atoms with van der Waals surface area (Å²) in [5, 5.41) is 10.1. The first-order chi connectivity index (χ1) is 12.1. The minimum Gasteiger partial charge on any atom is -0.391 e. The number of aliphatic hydroxyl groups is 1. The van der Waals surface area contributed by atoms with E-state index in [1.807, 2.05) is 48.5 Å². The van der Waals surface area contributed by atoms with E-state index in [9.17, 15) is 9.90 Å². The molecule has 0 bridgehead atoms. The van der Waals surface area contributed by atoms with Crippen molar-refractivity contribution in [1.29, 1.82) is 0 Å². The van der Waals surface area contributed by atoms with Crippen LogP contribution in [0.2, 0.25) is 0 Å². The van der Waals surface area contributed by atoms with Crippen LogP contribution in [0, 0.1) is 0 Å². The van der Waals surface area contributed by atoms with Crippen LogP contribution in [-0.2, 0) is 16.3 Å². The molecule has 2 aromatic carbocycles. The zero-order valence-electron chi connectivity index (χ0n) is 14.7. The Kier molecular flexibility index (Phi) is 8.38. The molecule has 0 radical (unpaired) electrons. The van der Waals surface area contributed by atoms with E-state index >= 15 is 0 Å². The van der Waals surface area contributed by atoms with Gasteiger partial charge in [0.2, 0.25) is 5.91 Å². The van der Waals surface area contributed by atoms with Crippen LogP contribution in [0.15, 0.2) is 60.7 Å². The molecular weight excluding hydrogens is 350 g/mol. The normalized spacial score (nSPS) is 13.2. The number of benzene rings is 2. The standard InChI is InChI=1S/C20H25NO2S2/c1-21(2)20(23)19(25-14-17-11-7-4-8-12-17)18(22)15-24-13-16-9-5-3-6-10-16/h3-12,18-19,22H,13-15H2,1-2H3/t18-,19+/m0/s1. The van der Waals surface area contributed by atoms with Crippen molar-refractivity contribution >= 4 is 29.4 Å². The Labute approximate surface area is 158 Å². The second kappa shape index (κ2) is 10.5. The van der Waals surface area contributed by atoms with E-state index in [-0.39, 0.29) is 5.91 Å². The van der Waals surface area contributed by atoms with Gasteiger partial charge in [-0.15, -0.1) is 11.8 Å². The average molecular weight is 376 g/mol. The van der Waals surface area contributed by atoms with E-state index in [4.69, 9.17) is 0 Å². The maximum atomic E-state index is 12.5. The summed E-state index contributed by atoms with van der Waals surface area (Å²) >= 11 is 3.17. The van der Waals surface area contributed by atoms with Gasteiger partial charge < -0.3 is 10.0 Å². The molecule has 0 aliphatic rings. The van der Waals surface area contributed by atoms with Gasteiger partial charge in [-0.3, -0.25) is 4.79 Å². The predicted octanol–water partition coefficient (Wildman–Crippen LogP) is 3.67. The van der Waals surface area contributed by atoms with Gasteiger partial charge >= 0.3 is 0 Å². The second-order valence-corrected chi connectivity index (χ2v) is 8.18. The topological polar surface area (TPSA) is 40.5 Å². The lowest BCUT2D eigenvalue weighted by molar-refractivity contribution is -0.129. The summed E-state index contributed by atoms with van der Waals surface area (Å²) in [6.07, 6.45) is -0.669. The van der Waals surface area contributed by atoms with Gasteiger partial charge in [-0.25, -0.2) is 0 Å². The van der Waals surface area contributed by atoms with Crippen molar-refractivity contribution in [3.8, 4) is 0 Å². The minimum absolute atomic E-state index is 0.0336. The summed E-state index contributed by atoms with van der Waals surface area (Å²) in [5.74, 6) is 2.06. The van der Waals surface area contributed by atoms with E-state index in [1.54, 1.807) is 30.8 Å². The summed E-state index contributed by atoms with van der Waals surface area (Å²) < 4.78 is 0. The molecule has 0 unspecified atom stereocenters. The number of amides is 1. The monoisotopic (exact) mass is 375 g/mol. The molecule has 134 valence electrons. The van der Waals surface area contributed by atoms with Crippen molar-refractivity contribution in [2.45, 2.75) is 22.9 Å². The maximum absolute atomic E-state index is 12.5. The molecule has 3 nitrogen and oxygen atoms in total. The van der Waals surface area contributed by atoms with Crippen LogP contribution in [0.25, 0.3) is 0 Å². The quantitative estimate of drug-likeness (QED) is 0.726. The van der Waals surface area contributed by atoms with Crippen molar-refractivity contribution in [2.75, 3.05) is 19.8 Å². The first kappa shape index (κ1) is 19.9. The van der Waals surface area contributed by atoms with Crippen LogP contribution >= 0.6 is 23.5 Å². The summed E-state index contributed by atoms with van der Waals surface area (Å²) in [4.78, 5) is 14.0. The second-order valence-electron chi connectivity index (χ2n) is 6.02. The number of hydrogen-bond donors (Lipinski definition) is 1. The molecule has 0 fully saturated rings. The molecule has 0 aliphatic carbocycles. The van der Waals surface area contributed by atoms with Gasteiger partial charge in [0.05, 0.1) is 6.10 Å². The molecule has 0 aliphatic heterocycles. The highest BCUT2D eigenvalue weighted by molar-refractivity contribution is 8.00. The van der Waals surface area contributed by atoms with E-state index in [0.717, 1.165) is 11.3 Å². The van der Waals surface area contributed by atoms with Crippen molar-refractivity contribution in [1.82, 2.24) is 4.90 Å². The molecule has 5 heteroatoms. The largest absolute Gasteiger partial charge is 0.391 e. The smallest absolute Gasteiger partial charge is 0.237 e. The fraction of sp³-hybridized carbons (Fsp3) is 0.350. The zero-order valence-corrected chi connectivity index (χ0v) is 16.3. The van der Waals surface area contributed by atoms with Crippen molar-refractivity contribution in [3.05, 3.63) is 71.8 Å². The maximum Gasteiger partial charge on any atom is 0.237 e. The number of nitrogens with zero attached hydrogens (tertiary/aromatic N) is 1. The number of aliphatic hydroxyl groups excluding tert-OH is 1. The van der Waals surface area contributed by atoms with Crippen LogP contribution in [0.4, 0.5) is 0 Å². The van der Waals surface area contributed by atoms with Crippen LogP contribution in [0.1, 0.15) is 11.1 Å². The van der Waals surface area contributed by atoms with Gasteiger partial charge in [-0.1, -0.05) is 60.7 Å².